The van der Waals surface area contributed by atoms with E-state index >= 15 is 0 Å². The van der Waals surface area contributed by atoms with Crippen LogP contribution in [0, 0.1) is 5.92 Å². The number of hydrogen-bond acceptors (Lipinski definition) is 2. The van der Waals surface area contributed by atoms with E-state index in [0.29, 0.717) is 29.9 Å². The molecule has 0 N–H and O–H groups in total. The third-order valence-corrected chi connectivity index (χ3v) is 6.35. The Hall–Kier alpha value is -0.0000000000000000555. The molecule has 1 saturated heterocycles. The van der Waals surface area contributed by atoms with E-state index in [9.17, 15) is 8.42 Å². The summed E-state index contributed by atoms with van der Waals surface area (Å²) in [6, 6.07) is 4.47. The Morgan fingerprint density at radius 3 is 2.42 bits per heavy atom. The molecule has 1 aliphatic rings. The summed E-state index contributed by atoms with van der Waals surface area (Å²) in [4.78, 5) is 0.0750. The number of sulfonamides is 1. The summed E-state index contributed by atoms with van der Waals surface area (Å²) in [6.07, 6.45) is 1.56. The number of rotatable bonds is 3. The molecule has 3 nitrogen and oxygen atoms in total. The largest absolute Gasteiger partial charge is 0.244 e. The second kappa shape index (κ2) is 6.19. The number of nitrogens with zero attached hydrogens (tertiary/aromatic N) is 1. The van der Waals surface area contributed by atoms with Crippen molar-refractivity contribution in [1.29, 1.82) is 0 Å². The minimum absolute atomic E-state index is 0.0750. The minimum Gasteiger partial charge on any atom is -0.207 e. The highest BCUT2D eigenvalue weighted by atomic mass is 35.5. The fraction of sp³-hybridized carbons (Fsp3) is 0.500. The normalized spacial score (nSPS) is 18.7. The van der Waals surface area contributed by atoms with Crippen LogP contribution in [0.5, 0.6) is 0 Å². The van der Waals surface area contributed by atoms with Crippen molar-refractivity contribution in [2.75, 3.05) is 19.0 Å². The molecule has 0 unspecified atom stereocenters. The first-order valence-electron chi connectivity index (χ1n) is 5.96. The van der Waals surface area contributed by atoms with Crippen LogP contribution in [0.1, 0.15) is 12.8 Å². The van der Waals surface area contributed by atoms with Gasteiger partial charge in [-0.3, -0.25) is 0 Å². The van der Waals surface area contributed by atoms with Crippen molar-refractivity contribution in [1.82, 2.24) is 4.31 Å². The van der Waals surface area contributed by atoms with Gasteiger partial charge in [-0.15, -0.1) is 11.6 Å². The molecule has 1 aliphatic heterocycles. The highest BCUT2D eigenvalue weighted by Gasteiger charge is 2.30. The van der Waals surface area contributed by atoms with Gasteiger partial charge < -0.3 is 0 Å². The summed E-state index contributed by atoms with van der Waals surface area (Å²) in [5.74, 6) is 0.967. The number of hydrogen-bond donors (Lipinski definition) is 0. The molecular weight excluding hydrogens is 329 g/mol. The van der Waals surface area contributed by atoms with Crippen molar-refractivity contribution in [3.63, 3.8) is 0 Å². The van der Waals surface area contributed by atoms with E-state index in [1.54, 1.807) is 6.07 Å². The Morgan fingerprint density at radius 2 is 1.84 bits per heavy atom. The van der Waals surface area contributed by atoms with Crippen LogP contribution in [-0.4, -0.2) is 31.7 Å². The molecule has 0 bridgehead atoms. The number of benzene rings is 1. The lowest BCUT2D eigenvalue weighted by atomic mass is 10.0. The zero-order valence-electron chi connectivity index (χ0n) is 10.2. The van der Waals surface area contributed by atoms with Crippen molar-refractivity contribution < 1.29 is 8.42 Å². The predicted octanol–water partition coefficient (Wildman–Crippen LogP) is 3.63. The minimum atomic E-state index is -3.57. The quantitative estimate of drug-likeness (QED) is 0.787. The molecule has 0 aromatic heterocycles. The fourth-order valence-electron chi connectivity index (χ4n) is 2.12. The van der Waals surface area contributed by atoms with Crippen LogP contribution in [0.15, 0.2) is 23.1 Å². The Morgan fingerprint density at radius 1 is 1.21 bits per heavy atom. The van der Waals surface area contributed by atoms with Gasteiger partial charge in [0.2, 0.25) is 10.0 Å². The summed E-state index contributed by atoms with van der Waals surface area (Å²) in [5.41, 5.74) is 0. The van der Waals surface area contributed by atoms with E-state index in [2.05, 4.69) is 0 Å². The first-order valence-corrected chi connectivity index (χ1v) is 8.69. The maximum Gasteiger partial charge on any atom is 0.244 e. The number of alkyl halides is 1. The maximum atomic E-state index is 12.5. The summed E-state index contributed by atoms with van der Waals surface area (Å²) in [7, 11) is -3.57. The van der Waals surface area contributed by atoms with Gasteiger partial charge in [-0.25, -0.2) is 8.42 Å². The summed E-state index contributed by atoms with van der Waals surface area (Å²) >= 11 is 17.6. The lowest BCUT2D eigenvalue weighted by molar-refractivity contribution is 0.290. The topological polar surface area (TPSA) is 37.4 Å². The van der Waals surface area contributed by atoms with Gasteiger partial charge in [-0.2, -0.15) is 4.31 Å². The molecule has 0 radical (unpaired) electrons. The van der Waals surface area contributed by atoms with Gasteiger partial charge in [0.1, 0.15) is 4.90 Å². The third kappa shape index (κ3) is 3.37. The molecule has 0 saturated carbocycles. The summed E-state index contributed by atoms with van der Waals surface area (Å²) < 4.78 is 26.5. The molecule has 0 spiro atoms. The van der Waals surface area contributed by atoms with E-state index in [-0.39, 0.29) is 9.92 Å². The van der Waals surface area contributed by atoms with E-state index in [1.807, 2.05) is 0 Å². The maximum absolute atomic E-state index is 12.5. The van der Waals surface area contributed by atoms with E-state index in [1.165, 1.54) is 16.4 Å². The second-order valence-electron chi connectivity index (χ2n) is 4.58. The number of halogens is 3. The van der Waals surface area contributed by atoms with E-state index in [0.717, 1.165) is 12.8 Å². The van der Waals surface area contributed by atoms with Crippen molar-refractivity contribution in [2.24, 2.45) is 5.92 Å². The van der Waals surface area contributed by atoms with Crippen LogP contribution in [0.4, 0.5) is 0 Å². The Balaban J connectivity index is 2.26. The van der Waals surface area contributed by atoms with Gasteiger partial charge in [0, 0.05) is 24.0 Å². The predicted molar refractivity (Wildman–Crippen MR) is 78.7 cm³/mol. The fourth-order valence-corrected chi connectivity index (χ4v) is 4.63. The second-order valence-corrected chi connectivity index (χ2v) is 7.64. The van der Waals surface area contributed by atoms with Gasteiger partial charge in [0.25, 0.3) is 0 Å². The van der Waals surface area contributed by atoms with Crippen LogP contribution < -0.4 is 0 Å². The summed E-state index contributed by atoms with van der Waals surface area (Å²) in [6.45, 7) is 0.950. The molecule has 1 aromatic carbocycles. The molecule has 1 heterocycles. The molecule has 1 aromatic rings. The van der Waals surface area contributed by atoms with Crippen molar-refractivity contribution in [3.8, 4) is 0 Å². The van der Waals surface area contributed by atoms with Gasteiger partial charge in [0.05, 0.1) is 5.02 Å². The van der Waals surface area contributed by atoms with E-state index < -0.39 is 10.0 Å². The van der Waals surface area contributed by atoms with Gasteiger partial charge >= 0.3 is 0 Å². The van der Waals surface area contributed by atoms with Crippen molar-refractivity contribution >= 4 is 44.8 Å². The molecule has 7 heteroatoms. The average molecular weight is 343 g/mol. The van der Waals surface area contributed by atoms with Gasteiger partial charge in [-0.05, 0) is 37.0 Å². The zero-order chi connectivity index (χ0) is 14.0. The van der Waals surface area contributed by atoms with Crippen LogP contribution >= 0.6 is 34.8 Å². The highest BCUT2D eigenvalue weighted by molar-refractivity contribution is 7.89. The van der Waals surface area contributed by atoms with Gasteiger partial charge in [0.15, 0.2) is 0 Å². The van der Waals surface area contributed by atoms with Crippen LogP contribution in [0.2, 0.25) is 10.0 Å². The molecule has 1 fully saturated rings. The van der Waals surface area contributed by atoms with Crippen LogP contribution in [-0.2, 0) is 10.0 Å². The van der Waals surface area contributed by atoms with Crippen LogP contribution in [0.25, 0.3) is 0 Å². The van der Waals surface area contributed by atoms with Gasteiger partial charge in [-0.1, -0.05) is 23.2 Å². The lowest BCUT2D eigenvalue weighted by Gasteiger charge is -2.30. The molecule has 106 valence electrons. The monoisotopic (exact) mass is 341 g/mol. The average Bonchev–Trinajstić information content (AvgIpc) is 2.41. The smallest absolute Gasteiger partial charge is 0.207 e. The zero-order valence-corrected chi connectivity index (χ0v) is 13.2. The molecule has 0 aliphatic carbocycles. The van der Waals surface area contributed by atoms with Crippen LogP contribution in [0.3, 0.4) is 0 Å². The SMILES string of the molecule is O=S(=O)(c1cc(Cl)ccc1Cl)N1CCC(CCl)CC1. The van der Waals surface area contributed by atoms with Crippen molar-refractivity contribution in [2.45, 2.75) is 17.7 Å². The van der Waals surface area contributed by atoms with E-state index in [4.69, 9.17) is 34.8 Å². The lowest BCUT2D eigenvalue weighted by Crippen LogP contribution is -2.38. The molecule has 2 rings (SSSR count). The van der Waals surface area contributed by atoms with Crippen molar-refractivity contribution in [3.05, 3.63) is 28.2 Å². The molecule has 0 atom stereocenters. The first-order chi connectivity index (χ1) is 8.95. The first kappa shape index (κ1) is 15.4. The highest BCUT2D eigenvalue weighted by Crippen LogP contribution is 2.30. The Bertz CT molecular complexity index is 554. The Labute approximate surface area is 128 Å². The standard InChI is InChI=1S/C12H14Cl3NO2S/c13-8-9-3-5-16(6-4-9)19(17,18)12-7-10(14)1-2-11(12)15/h1-2,7,9H,3-6,8H2. The Kier molecular flexibility index (Phi) is 5.01. The molecular formula is C12H14Cl3NO2S. The molecule has 19 heavy (non-hydrogen) atoms. The molecule has 0 amide bonds. The number of piperidine rings is 1. The summed E-state index contributed by atoms with van der Waals surface area (Å²) in [5, 5.41) is 0.558. The third-order valence-electron chi connectivity index (χ3n) is 3.30.